The first-order valence-corrected chi connectivity index (χ1v) is 7.17. The molecule has 2 saturated carbocycles. The monoisotopic (exact) mass is 224 g/mol. The molecule has 0 radical (unpaired) electrons. The second-order valence-electron chi connectivity index (χ2n) is 5.90. The van der Waals surface area contributed by atoms with Gasteiger partial charge in [-0.25, -0.2) is 0 Å². The first-order valence-electron chi connectivity index (χ1n) is 7.17. The lowest BCUT2D eigenvalue weighted by Crippen LogP contribution is -2.35. The maximum atomic E-state index is 3.43. The summed E-state index contributed by atoms with van der Waals surface area (Å²) in [5.41, 5.74) is 0. The molecule has 2 heteroatoms. The van der Waals surface area contributed by atoms with Gasteiger partial charge in [0.2, 0.25) is 0 Å². The topological polar surface area (TPSA) is 15.3 Å². The molecule has 2 rings (SSSR count). The quantitative estimate of drug-likeness (QED) is 0.790. The summed E-state index contributed by atoms with van der Waals surface area (Å²) in [5.74, 6) is 0.993. The van der Waals surface area contributed by atoms with Crippen LogP contribution in [0.5, 0.6) is 0 Å². The molecule has 0 aromatic rings. The molecule has 0 bridgehead atoms. The van der Waals surface area contributed by atoms with Crippen LogP contribution in [-0.2, 0) is 0 Å². The highest BCUT2D eigenvalue weighted by Crippen LogP contribution is 2.28. The SMILES string of the molecule is CNC1CCC(N(C)CC2CCCCC2)C1. The molecule has 0 saturated heterocycles. The predicted octanol–water partition coefficient (Wildman–Crippen LogP) is 2.64. The van der Waals surface area contributed by atoms with E-state index in [0.29, 0.717) is 0 Å². The summed E-state index contributed by atoms with van der Waals surface area (Å²) in [4.78, 5) is 2.65. The van der Waals surface area contributed by atoms with E-state index in [4.69, 9.17) is 0 Å². The molecule has 2 aliphatic carbocycles. The molecule has 16 heavy (non-hydrogen) atoms. The van der Waals surface area contributed by atoms with Crippen molar-refractivity contribution >= 4 is 0 Å². The van der Waals surface area contributed by atoms with Gasteiger partial charge in [-0.2, -0.15) is 0 Å². The maximum Gasteiger partial charge on any atom is 0.0108 e. The van der Waals surface area contributed by atoms with Crippen LogP contribution >= 0.6 is 0 Å². The third-order valence-electron chi connectivity index (χ3n) is 4.71. The third-order valence-corrected chi connectivity index (χ3v) is 4.71. The molecule has 0 amide bonds. The van der Waals surface area contributed by atoms with Gasteiger partial charge in [-0.05, 0) is 52.1 Å². The van der Waals surface area contributed by atoms with Crippen LogP contribution in [0.1, 0.15) is 51.4 Å². The van der Waals surface area contributed by atoms with Gasteiger partial charge in [-0.1, -0.05) is 19.3 Å². The molecule has 0 aromatic carbocycles. The lowest BCUT2D eigenvalue weighted by molar-refractivity contribution is 0.182. The second kappa shape index (κ2) is 6.02. The second-order valence-corrected chi connectivity index (χ2v) is 5.90. The maximum absolute atomic E-state index is 3.43. The number of nitrogens with zero attached hydrogens (tertiary/aromatic N) is 1. The summed E-state index contributed by atoms with van der Waals surface area (Å²) < 4.78 is 0. The van der Waals surface area contributed by atoms with Crippen molar-refractivity contribution in [3.05, 3.63) is 0 Å². The van der Waals surface area contributed by atoms with E-state index in [-0.39, 0.29) is 0 Å². The zero-order valence-corrected chi connectivity index (χ0v) is 11.0. The Kier molecular flexibility index (Phi) is 4.66. The minimum Gasteiger partial charge on any atom is -0.317 e. The van der Waals surface area contributed by atoms with E-state index >= 15 is 0 Å². The molecular formula is C14H28N2. The van der Waals surface area contributed by atoms with Gasteiger partial charge in [0.05, 0.1) is 0 Å². The number of hydrogen-bond donors (Lipinski definition) is 1. The smallest absolute Gasteiger partial charge is 0.0108 e. The molecule has 0 spiro atoms. The van der Waals surface area contributed by atoms with Crippen LogP contribution in [0.4, 0.5) is 0 Å². The summed E-state index contributed by atoms with van der Waals surface area (Å²) in [6.45, 7) is 1.35. The van der Waals surface area contributed by atoms with Crippen molar-refractivity contribution in [3.63, 3.8) is 0 Å². The van der Waals surface area contributed by atoms with Gasteiger partial charge in [0, 0.05) is 18.6 Å². The number of rotatable bonds is 4. The first kappa shape index (κ1) is 12.4. The highest BCUT2D eigenvalue weighted by molar-refractivity contribution is 4.85. The van der Waals surface area contributed by atoms with Crippen molar-refractivity contribution in [3.8, 4) is 0 Å². The van der Waals surface area contributed by atoms with Gasteiger partial charge in [0.1, 0.15) is 0 Å². The Morgan fingerprint density at radius 2 is 1.81 bits per heavy atom. The van der Waals surface area contributed by atoms with Gasteiger partial charge in [0.25, 0.3) is 0 Å². The van der Waals surface area contributed by atoms with Gasteiger partial charge < -0.3 is 10.2 Å². The molecule has 94 valence electrons. The summed E-state index contributed by atoms with van der Waals surface area (Å²) >= 11 is 0. The van der Waals surface area contributed by atoms with Gasteiger partial charge in [-0.3, -0.25) is 0 Å². The molecular weight excluding hydrogens is 196 g/mol. The van der Waals surface area contributed by atoms with Crippen molar-refractivity contribution < 1.29 is 0 Å². The molecule has 0 aromatic heterocycles. The van der Waals surface area contributed by atoms with Gasteiger partial charge in [-0.15, -0.1) is 0 Å². The first-order chi connectivity index (χ1) is 7.79. The standard InChI is InChI=1S/C14H28N2/c1-15-13-8-9-14(10-13)16(2)11-12-6-4-3-5-7-12/h12-15H,3-11H2,1-2H3. The van der Waals surface area contributed by atoms with E-state index in [1.807, 2.05) is 0 Å². The van der Waals surface area contributed by atoms with Crippen LogP contribution in [0, 0.1) is 5.92 Å². The lowest BCUT2D eigenvalue weighted by Gasteiger charge is -2.31. The average Bonchev–Trinajstić information content (AvgIpc) is 2.79. The Bertz CT molecular complexity index is 199. The molecule has 2 aliphatic rings. The van der Waals surface area contributed by atoms with Gasteiger partial charge in [0.15, 0.2) is 0 Å². The Hall–Kier alpha value is -0.0800. The van der Waals surface area contributed by atoms with E-state index in [2.05, 4.69) is 24.3 Å². The van der Waals surface area contributed by atoms with Gasteiger partial charge >= 0.3 is 0 Å². The Morgan fingerprint density at radius 3 is 2.44 bits per heavy atom. The van der Waals surface area contributed by atoms with Crippen LogP contribution in [0.15, 0.2) is 0 Å². The molecule has 1 N–H and O–H groups in total. The molecule has 2 atom stereocenters. The fourth-order valence-electron chi connectivity index (χ4n) is 3.55. The molecule has 0 aliphatic heterocycles. The fraction of sp³-hybridized carbons (Fsp3) is 1.00. The predicted molar refractivity (Wildman–Crippen MR) is 69.7 cm³/mol. The van der Waals surface area contributed by atoms with Crippen LogP contribution in [0.3, 0.4) is 0 Å². The highest BCUT2D eigenvalue weighted by Gasteiger charge is 2.27. The fourth-order valence-corrected chi connectivity index (χ4v) is 3.55. The average molecular weight is 224 g/mol. The summed E-state index contributed by atoms with van der Waals surface area (Å²) in [6, 6.07) is 1.62. The molecule has 0 heterocycles. The van der Waals surface area contributed by atoms with Crippen LogP contribution in [-0.4, -0.2) is 37.6 Å². The minimum absolute atomic E-state index is 0.777. The normalized spacial score (nSPS) is 32.4. The Morgan fingerprint density at radius 1 is 1.06 bits per heavy atom. The van der Waals surface area contributed by atoms with E-state index in [9.17, 15) is 0 Å². The largest absolute Gasteiger partial charge is 0.317 e. The molecule has 2 unspecified atom stereocenters. The highest BCUT2D eigenvalue weighted by atomic mass is 15.1. The summed E-state index contributed by atoms with van der Waals surface area (Å²) in [7, 11) is 4.45. The van der Waals surface area contributed by atoms with E-state index in [1.165, 1.54) is 57.9 Å². The zero-order valence-electron chi connectivity index (χ0n) is 11.0. The van der Waals surface area contributed by atoms with Crippen molar-refractivity contribution in [1.29, 1.82) is 0 Å². The third kappa shape index (κ3) is 3.21. The summed E-state index contributed by atoms with van der Waals surface area (Å²) in [6.07, 6.45) is 11.5. The van der Waals surface area contributed by atoms with Crippen molar-refractivity contribution in [2.45, 2.75) is 63.5 Å². The van der Waals surface area contributed by atoms with Crippen molar-refractivity contribution in [2.75, 3.05) is 20.6 Å². The molecule has 2 fully saturated rings. The van der Waals surface area contributed by atoms with Crippen LogP contribution < -0.4 is 5.32 Å². The Balaban J connectivity index is 1.72. The minimum atomic E-state index is 0.777. The zero-order chi connectivity index (χ0) is 11.4. The number of nitrogens with one attached hydrogen (secondary N) is 1. The van der Waals surface area contributed by atoms with E-state index < -0.39 is 0 Å². The van der Waals surface area contributed by atoms with E-state index in [0.717, 1.165) is 18.0 Å². The van der Waals surface area contributed by atoms with Crippen LogP contribution in [0.25, 0.3) is 0 Å². The summed E-state index contributed by atoms with van der Waals surface area (Å²) in [5, 5.41) is 3.43. The van der Waals surface area contributed by atoms with Crippen molar-refractivity contribution in [2.24, 2.45) is 5.92 Å². The number of hydrogen-bond acceptors (Lipinski definition) is 2. The van der Waals surface area contributed by atoms with Crippen molar-refractivity contribution in [1.82, 2.24) is 10.2 Å². The molecule has 2 nitrogen and oxygen atoms in total. The Labute approximate surface area is 101 Å². The van der Waals surface area contributed by atoms with Crippen LogP contribution in [0.2, 0.25) is 0 Å². The van der Waals surface area contributed by atoms with E-state index in [1.54, 1.807) is 0 Å². The lowest BCUT2D eigenvalue weighted by atomic mass is 9.88.